The van der Waals surface area contributed by atoms with Crippen molar-refractivity contribution in [1.29, 1.82) is 0 Å². The van der Waals surface area contributed by atoms with Gasteiger partial charge >= 0.3 is 5.97 Å². The summed E-state index contributed by atoms with van der Waals surface area (Å²) in [6.07, 6.45) is 1.05. The lowest BCUT2D eigenvalue weighted by molar-refractivity contribution is -0.140. The van der Waals surface area contributed by atoms with Crippen molar-refractivity contribution in [3.8, 4) is 22.5 Å². The van der Waals surface area contributed by atoms with E-state index in [0.29, 0.717) is 31.6 Å². The van der Waals surface area contributed by atoms with Crippen LogP contribution in [-0.2, 0) is 23.2 Å². The molecule has 1 atom stereocenters. The Kier molecular flexibility index (Phi) is 6.24. The van der Waals surface area contributed by atoms with Crippen LogP contribution >= 0.6 is 0 Å². The van der Waals surface area contributed by atoms with E-state index in [9.17, 15) is 15.0 Å². The lowest BCUT2D eigenvalue weighted by atomic mass is 9.93. The molecular weight excluding hydrogens is 440 g/mol. The molecule has 1 aromatic heterocycles. The van der Waals surface area contributed by atoms with Crippen molar-refractivity contribution in [1.82, 2.24) is 10.5 Å². The van der Waals surface area contributed by atoms with Gasteiger partial charge in [-0.2, -0.15) is 0 Å². The first-order chi connectivity index (χ1) is 17.0. The number of benzene rings is 3. The van der Waals surface area contributed by atoms with E-state index in [0.717, 1.165) is 39.1 Å². The van der Waals surface area contributed by atoms with E-state index in [4.69, 9.17) is 4.52 Å². The monoisotopic (exact) mass is 468 g/mol. The van der Waals surface area contributed by atoms with Gasteiger partial charge in [0.15, 0.2) is 5.76 Å². The standard InChI is InChI=1S/C29H28N2O4/c1-19-25(17-26(32)30-18-20-5-3-2-4-6-20)27(35-31-19)23-9-7-21(8-10-23)22-11-13-24(14-12-22)29(15-16-29)28(33)34/h2-14,26,30,32H,15-18H2,1H3,(H,33,34). The molecule has 1 saturated carbocycles. The van der Waals surface area contributed by atoms with Gasteiger partial charge in [0, 0.05) is 24.1 Å². The Morgan fingerprint density at radius 1 is 0.971 bits per heavy atom. The van der Waals surface area contributed by atoms with E-state index in [1.807, 2.05) is 85.8 Å². The molecule has 1 aliphatic rings. The number of aryl methyl sites for hydroxylation is 1. The Balaban J connectivity index is 1.29. The first-order valence-electron chi connectivity index (χ1n) is 11.8. The summed E-state index contributed by atoms with van der Waals surface area (Å²) in [5.41, 5.74) is 5.85. The molecule has 0 spiro atoms. The molecular formula is C29H28N2O4. The number of hydrogen-bond donors (Lipinski definition) is 3. The van der Waals surface area contributed by atoms with Gasteiger partial charge in [0.2, 0.25) is 0 Å². The van der Waals surface area contributed by atoms with E-state index >= 15 is 0 Å². The van der Waals surface area contributed by atoms with Crippen LogP contribution in [0.25, 0.3) is 22.5 Å². The Bertz CT molecular complexity index is 1310. The molecule has 1 unspecified atom stereocenters. The topological polar surface area (TPSA) is 95.6 Å². The fraction of sp³-hybridized carbons (Fsp3) is 0.241. The predicted molar refractivity (Wildman–Crippen MR) is 134 cm³/mol. The summed E-state index contributed by atoms with van der Waals surface area (Å²) in [7, 11) is 0. The van der Waals surface area contributed by atoms with Crippen molar-refractivity contribution in [2.45, 2.75) is 44.4 Å². The smallest absolute Gasteiger partial charge is 0.314 e. The highest BCUT2D eigenvalue weighted by atomic mass is 16.5. The Hall–Kier alpha value is -3.74. The van der Waals surface area contributed by atoms with E-state index in [1.54, 1.807) is 0 Å². The van der Waals surface area contributed by atoms with Crippen molar-refractivity contribution in [3.05, 3.63) is 101 Å². The van der Waals surface area contributed by atoms with E-state index in [1.165, 1.54) is 0 Å². The van der Waals surface area contributed by atoms with Crippen molar-refractivity contribution in [3.63, 3.8) is 0 Å². The number of hydrogen-bond acceptors (Lipinski definition) is 5. The van der Waals surface area contributed by atoms with Crippen molar-refractivity contribution < 1.29 is 19.5 Å². The third kappa shape index (κ3) is 4.76. The minimum absolute atomic E-state index is 0.381. The third-order valence-electron chi connectivity index (χ3n) is 6.84. The van der Waals surface area contributed by atoms with E-state index in [-0.39, 0.29) is 0 Å². The molecule has 178 valence electrons. The van der Waals surface area contributed by atoms with E-state index in [2.05, 4.69) is 10.5 Å². The van der Waals surface area contributed by atoms with Crippen LogP contribution in [0.2, 0.25) is 0 Å². The quantitative estimate of drug-likeness (QED) is 0.296. The Morgan fingerprint density at radius 2 is 1.57 bits per heavy atom. The molecule has 1 heterocycles. The van der Waals surface area contributed by atoms with Gasteiger partial charge in [0.05, 0.1) is 11.1 Å². The normalized spacial score (nSPS) is 15.0. The van der Waals surface area contributed by atoms with Crippen LogP contribution in [-0.4, -0.2) is 27.6 Å². The summed E-state index contributed by atoms with van der Waals surface area (Å²) in [6, 6.07) is 25.7. The molecule has 1 aliphatic carbocycles. The lowest BCUT2D eigenvalue weighted by Gasteiger charge is -2.13. The molecule has 6 heteroatoms. The highest BCUT2D eigenvalue weighted by Crippen LogP contribution is 2.48. The molecule has 0 radical (unpaired) electrons. The van der Waals surface area contributed by atoms with Crippen LogP contribution < -0.4 is 5.32 Å². The predicted octanol–water partition coefficient (Wildman–Crippen LogP) is 5.08. The summed E-state index contributed by atoms with van der Waals surface area (Å²) >= 11 is 0. The SMILES string of the molecule is Cc1noc(-c2ccc(-c3ccc(C4(C(=O)O)CC4)cc3)cc2)c1CC(O)NCc1ccccc1. The molecule has 0 amide bonds. The molecule has 1 fully saturated rings. The number of carboxylic acid groups (broad SMARTS) is 1. The minimum atomic E-state index is -0.742. The number of aromatic nitrogens is 1. The molecule has 3 N–H and O–H groups in total. The van der Waals surface area contributed by atoms with Gasteiger partial charge < -0.3 is 14.7 Å². The first kappa shape index (κ1) is 23.0. The van der Waals surface area contributed by atoms with Crippen molar-refractivity contribution in [2.75, 3.05) is 0 Å². The lowest BCUT2D eigenvalue weighted by Crippen LogP contribution is -2.30. The van der Waals surface area contributed by atoms with Gasteiger partial charge in [-0.05, 0) is 42.0 Å². The number of carbonyl (C=O) groups is 1. The zero-order valence-corrected chi connectivity index (χ0v) is 19.6. The molecule has 3 aromatic carbocycles. The molecule has 0 bridgehead atoms. The second kappa shape index (κ2) is 9.49. The maximum absolute atomic E-state index is 11.6. The highest BCUT2D eigenvalue weighted by Gasteiger charge is 2.51. The molecule has 0 aliphatic heterocycles. The van der Waals surface area contributed by atoms with Gasteiger partial charge in [-0.3, -0.25) is 10.1 Å². The van der Waals surface area contributed by atoms with Gasteiger partial charge in [0.1, 0.15) is 6.23 Å². The Labute approximate surface area is 204 Å². The maximum Gasteiger partial charge on any atom is 0.314 e. The fourth-order valence-electron chi connectivity index (χ4n) is 4.50. The number of nitrogens with one attached hydrogen (secondary N) is 1. The van der Waals surface area contributed by atoms with Crippen LogP contribution in [0.5, 0.6) is 0 Å². The van der Waals surface area contributed by atoms with Crippen LogP contribution in [0.4, 0.5) is 0 Å². The van der Waals surface area contributed by atoms with Gasteiger partial charge in [-0.1, -0.05) is 84.0 Å². The fourth-order valence-corrected chi connectivity index (χ4v) is 4.50. The number of aliphatic hydroxyl groups is 1. The largest absolute Gasteiger partial charge is 0.481 e. The average Bonchev–Trinajstić information content (AvgIpc) is 3.63. The highest BCUT2D eigenvalue weighted by molar-refractivity contribution is 5.85. The second-order valence-corrected chi connectivity index (χ2v) is 9.20. The van der Waals surface area contributed by atoms with Gasteiger partial charge in [-0.15, -0.1) is 0 Å². The summed E-state index contributed by atoms with van der Waals surface area (Å²) in [5.74, 6) is -0.0877. The molecule has 0 saturated heterocycles. The summed E-state index contributed by atoms with van der Waals surface area (Å²) in [6.45, 7) is 2.45. The number of aliphatic hydroxyl groups excluding tert-OH is 1. The van der Waals surface area contributed by atoms with E-state index < -0.39 is 17.6 Å². The van der Waals surface area contributed by atoms with Crippen molar-refractivity contribution >= 4 is 5.97 Å². The summed E-state index contributed by atoms with van der Waals surface area (Å²) in [5, 5.41) is 27.4. The Morgan fingerprint density at radius 3 is 2.17 bits per heavy atom. The number of nitrogens with zero attached hydrogens (tertiary/aromatic N) is 1. The van der Waals surface area contributed by atoms with Crippen LogP contribution in [0.1, 0.15) is 35.2 Å². The van der Waals surface area contributed by atoms with Crippen LogP contribution in [0.15, 0.2) is 83.4 Å². The zero-order chi connectivity index (χ0) is 24.4. The van der Waals surface area contributed by atoms with Gasteiger partial charge in [-0.25, -0.2) is 0 Å². The molecule has 6 nitrogen and oxygen atoms in total. The van der Waals surface area contributed by atoms with Crippen molar-refractivity contribution in [2.24, 2.45) is 0 Å². The second-order valence-electron chi connectivity index (χ2n) is 9.20. The number of carboxylic acids is 1. The summed E-state index contributed by atoms with van der Waals surface area (Å²) in [4.78, 5) is 11.6. The number of rotatable bonds is 9. The molecule has 4 aromatic rings. The minimum Gasteiger partial charge on any atom is -0.481 e. The summed E-state index contributed by atoms with van der Waals surface area (Å²) < 4.78 is 5.63. The molecule has 5 rings (SSSR count). The van der Waals surface area contributed by atoms with Gasteiger partial charge in [0.25, 0.3) is 0 Å². The van der Waals surface area contributed by atoms with Crippen LogP contribution in [0.3, 0.4) is 0 Å². The number of aliphatic carboxylic acids is 1. The first-order valence-corrected chi connectivity index (χ1v) is 11.8. The molecule has 35 heavy (non-hydrogen) atoms. The third-order valence-corrected chi connectivity index (χ3v) is 6.84. The van der Waals surface area contributed by atoms with Crippen LogP contribution in [0, 0.1) is 6.92 Å². The zero-order valence-electron chi connectivity index (χ0n) is 19.6. The maximum atomic E-state index is 11.6. The average molecular weight is 469 g/mol.